The molecule has 0 unspecified atom stereocenters. The molecule has 2 N–H and O–H groups in total. The van der Waals surface area contributed by atoms with Gasteiger partial charge in [-0.15, -0.1) is 0 Å². The summed E-state index contributed by atoms with van der Waals surface area (Å²) in [6.07, 6.45) is 0. The summed E-state index contributed by atoms with van der Waals surface area (Å²) >= 11 is 3.56. The normalized spacial score (nSPS) is 11.0. The number of hydrogen-bond acceptors (Lipinski definition) is 3. The lowest BCUT2D eigenvalue weighted by Crippen LogP contribution is -1.83. The second-order valence-electron chi connectivity index (χ2n) is 4.18. The standard InChI is InChI=1S/C14H11BrN2O/c1-8-3-2-4-10(13(8)15)14-17-11-7-9(16)5-6-12(11)18-14/h2-7H,16H2,1H3. The van der Waals surface area contributed by atoms with Crippen molar-refractivity contribution in [2.75, 3.05) is 5.73 Å². The summed E-state index contributed by atoms with van der Waals surface area (Å²) in [5, 5.41) is 0. The summed E-state index contributed by atoms with van der Waals surface area (Å²) in [5.41, 5.74) is 10.0. The van der Waals surface area contributed by atoms with E-state index in [2.05, 4.69) is 20.9 Å². The van der Waals surface area contributed by atoms with Gasteiger partial charge in [-0.2, -0.15) is 0 Å². The zero-order chi connectivity index (χ0) is 12.7. The van der Waals surface area contributed by atoms with Gasteiger partial charge in [0.15, 0.2) is 5.58 Å². The van der Waals surface area contributed by atoms with Gasteiger partial charge >= 0.3 is 0 Å². The minimum atomic E-state index is 0.603. The van der Waals surface area contributed by atoms with E-state index in [9.17, 15) is 0 Å². The van der Waals surface area contributed by atoms with Gasteiger partial charge in [0.1, 0.15) is 5.52 Å². The minimum Gasteiger partial charge on any atom is -0.436 e. The summed E-state index contributed by atoms with van der Waals surface area (Å²) < 4.78 is 6.75. The van der Waals surface area contributed by atoms with E-state index in [0.29, 0.717) is 11.6 Å². The summed E-state index contributed by atoms with van der Waals surface area (Å²) in [7, 11) is 0. The molecule has 0 aliphatic heterocycles. The number of anilines is 1. The number of nitrogens with two attached hydrogens (primary N) is 1. The predicted octanol–water partition coefficient (Wildman–Crippen LogP) is 4.15. The molecule has 90 valence electrons. The Morgan fingerprint density at radius 3 is 2.89 bits per heavy atom. The van der Waals surface area contributed by atoms with E-state index in [1.165, 1.54) is 0 Å². The lowest BCUT2D eigenvalue weighted by Gasteiger charge is -2.02. The fourth-order valence-electron chi connectivity index (χ4n) is 1.87. The fourth-order valence-corrected chi connectivity index (χ4v) is 2.31. The van der Waals surface area contributed by atoms with Crippen molar-refractivity contribution < 1.29 is 4.42 Å². The van der Waals surface area contributed by atoms with Crippen LogP contribution in [0.2, 0.25) is 0 Å². The zero-order valence-corrected chi connectivity index (χ0v) is 11.4. The van der Waals surface area contributed by atoms with Crippen LogP contribution in [0.3, 0.4) is 0 Å². The van der Waals surface area contributed by atoms with E-state index in [0.717, 1.165) is 26.7 Å². The molecule has 1 heterocycles. The van der Waals surface area contributed by atoms with Crippen molar-refractivity contribution >= 4 is 32.7 Å². The molecule has 2 aromatic carbocycles. The number of nitrogens with zero attached hydrogens (tertiary/aromatic N) is 1. The van der Waals surface area contributed by atoms with E-state index in [-0.39, 0.29) is 0 Å². The van der Waals surface area contributed by atoms with Gasteiger partial charge in [-0.25, -0.2) is 4.98 Å². The second kappa shape index (κ2) is 4.14. The quantitative estimate of drug-likeness (QED) is 0.687. The van der Waals surface area contributed by atoms with Crippen molar-refractivity contribution in [3.05, 3.63) is 46.4 Å². The maximum absolute atomic E-state index is 5.75. The van der Waals surface area contributed by atoms with Gasteiger partial charge in [-0.3, -0.25) is 0 Å². The SMILES string of the molecule is Cc1cccc(-c2nc3cc(N)ccc3o2)c1Br. The van der Waals surface area contributed by atoms with Crippen LogP contribution in [0.25, 0.3) is 22.6 Å². The Hall–Kier alpha value is -1.81. The van der Waals surface area contributed by atoms with Crippen LogP contribution in [-0.2, 0) is 0 Å². The Balaban J connectivity index is 2.22. The van der Waals surface area contributed by atoms with E-state index in [1.54, 1.807) is 0 Å². The average molecular weight is 303 g/mol. The first kappa shape index (κ1) is 11.3. The van der Waals surface area contributed by atoms with Crippen molar-refractivity contribution in [1.29, 1.82) is 0 Å². The Morgan fingerprint density at radius 2 is 2.06 bits per heavy atom. The highest BCUT2D eigenvalue weighted by atomic mass is 79.9. The smallest absolute Gasteiger partial charge is 0.228 e. The van der Waals surface area contributed by atoms with Crippen LogP contribution >= 0.6 is 15.9 Å². The van der Waals surface area contributed by atoms with Crippen molar-refractivity contribution in [2.45, 2.75) is 6.92 Å². The summed E-state index contributed by atoms with van der Waals surface area (Å²) in [6.45, 7) is 2.04. The maximum atomic E-state index is 5.75. The number of oxazole rings is 1. The Labute approximate surface area is 113 Å². The van der Waals surface area contributed by atoms with Gasteiger partial charge in [0, 0.05) is 10.2 Å². The number of rotatable bonds is 1. The molecule has 18 heavy (non-hydrogen) atoms. The molecule has 3 nitrogen and oxygen atoms in total. The number of fused-ring (bicyclic) bond motifs is 1. The molecule has 4 heteroatoms. The molecule has 0 amide bonds. The first-order valence-corrected chi connectivity index (χ1v) is 6.36. The third-order valence-corrected chi connectivity index (χ3v) is 3.89. The third-order valence-electron chi connectivity index (χ3n) is 2.83. The lowest BCUT2D eigenvalue weighted by atomic mass is 10.1. The number of aryl methyl sites for hydroxylation is 1. The van der Waals surface area contributed by atoms with Gasteiger partial charge in [-0.1, -0.05) is 12.1 Å². The van der Waals surface area contributed by atoms with Gasteiger partial charge in [0.25, 0.3) is 0 Å². The molecule has 3 rings (SSSR count). The maximum Gasteiger partial charge on any atom is 0.228 e. The zero-order valence-electron chi connectivity index (χ0n) is 9.77. The molecule has 0 radical (unpaired) electrons. The largest absolute Gasteiger partial charge is 0.436 e. The topological polar surface area (TPSA) is 52.0 Å². The second-order valence-corrected chi connectivity index (χ2v) is 4.98. The number of benzene rings is 2. The molecule has 0 saturated carbocycles. The van der Waals surface area contributed by atoms with E-state index >= 15 is 0 Å². The molecular weight excluding hydrogens is 292 g/mol. The molecule has 0 spiro atoms. The molecule has 3 aromatic rings. The van der Waals surface area contributed by atoms with Crippen LogP contribution in [0, 0.1) is 6.92 Å². The van der Waals surface area contributed by atoms with Gasteiger partial charge in [-0.05, 0) is 52.7 Å². The average Bonchev–Trinajstić information content (AvgIpc) is 2.75. The summed E-state index contributed by atoms with van der Waals surface area (Å²) in [5.74, 6) is 0.603. The molecule has 0 fully saturated rings. The van der Waals surface area contributed by atoms with Crippen molar-refractivity contribution in [1.82, 2.24) is 4.98 Å². The molecule has 0 bridgehead atoms. The molecule has 0 aliphatic rings. The summed E-state index contributed by atoms with van der Waals surface area (Å²) in [4.78, 5) is 4.47. The minimum absolute atomic E-state index is 0.603. The van der Waals surface area contributed by atoms with Crippen LogP contribution in [0.4, 0.5) is 5.69 Å². The lowest BCUT2D eigenvalue weighted by molar-refractivity contribution is 0.619. The van der Waals surface area contributed by atoms with Gasteiger partial charge in [0.05, 0.1) is 5.56 Å². The number of hydrogen-bond donors (Lipinski definition) is 1. The van der Waals surface area contributed by atoms with Gasteiger partial charge in [0.2, 0.25) is 5.89 Å². The first-order chi connectivity index (χ1) is 8.65. The molecular formula is C14H11BrN2O. The first-order valence-electron chi connectivity index (χ1n) is 5.57. The molecule has 0 saturated heterocycles. The van der Waals surface area contributed by atoms with Crippen LogP contribution in [0.5, 0.6) is 0 Å². The number of nitrogen functional groups attached to an aromatic ring is 1. The summed E-state index contributed by atoms with van der Waals surface area (Å²) in [6, 6.07) is 11.5. The number of aromatic nitrogens is 1. The van der Waals surface area contributed by atoms with Crippen LogP contribution < -0.4 is 5.73 Å². The highest BCUT2D eigenvalue weighted by Crippen LogP contribution is 2.32. The Bertz CT molecular complexity index is 734. The number of halogens is 1. The van der Waals surface area contributed by atoms with Crippen LogP contribution in [-0.4, -0.2) is 4.98 Å². The van der Waals surface area contributed by atoms with E-state index in [1.807, 2.05) is 43.3 Å². The van der Waals surface area contributed by atoms with E-state index in [4.69, 9.17) is 10.2 Å². The molecule has 0 aliphatic carbocycles. The van der Waals surface area contributed by atoms with Crippen molar-refractivity contribution in [3.63, 3.8) is 0 Å². The monoisotopic (exact) mass is 302 g/mol. The molecule has 1 aromatic heterocycles. The fraction of sp³-hybridized carbons (Fsp3) is 0.0714. The highest BCUT2D eigenvalue weighted by Gasteiger charge is 2.12. The third kappa shape index (κ3) is 1.78. The predicted molar refractivity (Wildman–Crippen MR) is 76.3 cm³/mol. The van der Waals surface area contributed by atoms with Crippen molar-refractivity contribution in [3.8, 4) is 11.5 Å². The van der Waals surface area contributed by atoms with Gasteiger partial charge < -0.3 is 10.2 Å². The Kier molecular flexibility index (Phi) is 2.59. The van der Waals surface area contributed by atoms with Crippen LogP contribution in [0.1, 0.15) is 5.56 Å². The Morgan fingerprint density at radius 1 is 1.22 bits per heavy atom. The highest BCUT2D eigenvalue weighted by molar-refractivity contribution is 9.10. The molecule has 0 atom stereocenters. The van der Waals surface area contributed by atoms with E-state index < -0.39 is 0 Å². The van der Waals surface area contributed by atoms with Crippen LogP contribution in [0.15, 0.2) is 45.3 Å². The van der Waals surface area contributed by atoms with Crippen molar-refractivity contribution in [2.24, 2.45) is 0 Å².